The first kappa shape index (κ1) is 15.5. The highest BCUT2D eigenvalue weighted by atomic mass is 16.5. The van der Waals surface area contributed by atoms with Crippen molar-refractivity contribution in [3.8, 4) is 11.8 Å². The lowest BCUT2D eigenvalue weighted by Crippen LogP contribution is -2.08. The molecule has 2 aromatic carbocycles. The number of hydrogen-bond acceptors (Lipinski definition) is 3. The molecule has 21 heavy (non-hydrogen) atoms. The van der Waals surface area contributed by atoms with E-state index in [0.29, 0.717) is 33.0 Å². The molecule has 0 atom stereocenters. The molecule has 0 fully saturated rings. The van der Waals surface area contributed by atoms with Crippen LogP contribution in [-0.2, 0) is 14.2 Å². The van der Waals surface area contributed by atoms with Gasteiger partial charge in [0.15, 0.2) is 0 Å². The molecule has 3 nitrogen and oxygen atoms in total. The Balaban J connectivity index is 1.72. The van der Waals surface area contributed by atoms with Crippen LogP contribution in [0.5, 0.6) is 0 Å². The minimum Gasteiger partial charge on any atom is -0.382 e. The highest BCUT2D eigenvalue weighted by Gasteiger charge is 1.92. The summed E-state index contributed by atoms with van der Waals surface area (Å²) >= 11 is 0. The summed E-state index contributed by atoms with van der Waals surface area (Å²) in [7, 11) is 1.65. The minimum atomic E-state index is 0.417. The van der Waals surface area contributed by atoms with Crippen molar-refractivity contribution < 1.29 is 14.2 Å². The SMILES string of the molecule is COCCOCCOCC#Cc1ccc2ccccc2c1. The van der Waals surface area contributed by atoms with Gasteiger partial charge in [-0.1, -0.05) is 42.2 Å². The van der Waals surface area contributed by atoms with E-state index in [4.69, 9.17) is 14.2 Å². The molecule has 0 spiro atoms. The molecule has 0 amide bonds. The van der Waals surface area contributed by atoms with Crippen LogP contribution >= 0.6 is 0 Å². The monoisotopic (exact) mass is 284 g/mol. The summed E-state index contributed by atoms with van der Waals surface area (Å²) in [4.78, 5) is 0. The Labute approximate surface area is 125 Å². The zero-order chi connectivity index (χ0) is 14.8. The summed E-state index contributed by atoms with van der Waals surface area (Å²) in [5.41, 5.74) is 1.01. The van der Waals surface area contributed by atoms with Crippen LogP contribution in [0.2, 0.25) is 0 Å². The van der Waals surface area contributed by atoms with E-state index in [1.807, 2.05) is 18.2 Å². The van der Waals surface area contributed by atoms with E-state index in [-0.39, 0.29) is 0 Å². The van der Waals surface area contributed by atoms with Crippen LogP contribution in [0.3, 0.4) is 0 Å². The van der Waals surface area contributed by atoms with Crippen molar-refractivity contribution in [3.63, 3.8) is 0 Å². The lowest BCUT2D eigenvalue weighted by Gasteiger charge is -2.02. The van der Waals surface area contributed by atoms with Crippen molar-refractivity contribution in [1.29, 1.82) is 0 Å². The molecular formula is C18H20O3. The molecule has 110 valence electrons. The Morgan fingerprint density at radius 1 is 0.857 bits per heavy atom. The fraction of sp³-hybridized carbons (Fsp3) is 0.333. The Kier molecular flexibility index (Phi) is 6.76. The Hall–Kier alpha value is -1.86. The molecule has 0 bridgehead atoms. The molecule has 0 aromatic heterocycles. The smallest absolute Gasteiger partial charge is 0.108 e. The summed E-state index contributed by atoms with van der Waals surface area (Å²) in [5.74, 6) is 6.13. The molecule has 2 rings (SSSR count). The maximum atomic E-state index is 5.38. The minimum absolute atomic E-state index is 0.417. The molecule has 3 heteroatoms. The van der Waals surface area contributed by atoms with E-state index in [1.54, 1.807) is 7.11 Å². The van der Waals surface area contributed by atoms with Crippen molar-refractivity contribution in [1.82, 2.24) is 0 Å². The van der Waals surface area contributed by atoms with E-state index in [2.05, 4.69) is 36.1 Å². The highest BCUT2D eigenvalue weighted by Crippen LogP contribution is 2.14. The number of rotatable bonds is 7. The van der Waals surface area contributed by atoms with Gasteiger partial charge in [0.25, 0.3) is 0 Å². The zero-order valence-corrected chi connectivity index (χ0v) is 12.3. The van der Waals surface area contributed by atoms with Crippen molar-refractivity contribution in [3.05, 3.63) is 48.0 Å². The van der Waals surface area contributed by atoms with Crippen LogP contribution in [0, 0.1) is 11.8 Å². The molecule has 0 saturated carbocycles. The van der Waals surface area contributed by atoms with Gasteiger partial charge >= 0.3 is 0 Å². The first-order chi connectivity index (χ1) is 10.4. The van der Waals surface area contributed by atoms with Crippen molar-refractivity contribution in [2.75, 3.05) is 40.1 Å². The second-order valence-electron chi connectivity index (χ2n) is 4.52. The Morgan fingerprint density at radius 2 is 1.62 bits per heavy atom. The quantitative estimate of drug-likeness (QED) is 0.578. The van der Waals surface area contributed by atoms with Gasteiger partial charge < -0.3 is 14.2 Å². The van der Waals surface area contributed by atoms with Gasteiger partial charge in [-0.15, -0.1) is 0 Å². The lowest BCUT2D eigenvalue weighted by molar-refractivity contribution is 0.0324. The average molecular weight is 284 g/mol. The molecule has 0 aliphatic rings. The standard InChI is InChI=1S/C18H20O3/c1-19-11-12-21-14-13-20-10-4-5-16-8-9-17-6-2-3-7-18(17)15-16/h2-3,6-9,15H,10-14H2,1H3. The third kappa shape index (κ3) is 5.57. The van der Waals surface area contributed by atoms with Gasteiger partial charge in [-0.3, -0.25) is 0 Å². The number of methoxy groups -OCH3 is 1. The van der Waals surface area contributed by atoms with Crippen LogP contribution in [0.25, 0.3) is 10.8 Å². The predicted octanol–water partition coefficient (Wildman–Crippen LogP) is 2.87. The summed E-state index contributed by atoms with van der Waals surface area (Å²) in [6.07, 6.45) is 0. The first-order valence-corrected chi connectivity index (χ1v) is 7.02. The van der Waals surface area contributed by atoms with E-state index in [1.165, 1.54) is 10.8 Å². The molecule has 0 saturated heterocycles. The summed E-state index contributed by atoms with van der Waals surface area (Å²) < 4.78 is 15.6. The second-order valence-corrected chi connectivity index (χ2v) is 4.52. The predicted molar refractivity (Wildman–Crippen MR) is 84.3 cm³/mol. The van der Waals surface area contributed by atoms with Gasteiger partial charge in [-0.05, 0) is 22.9 Å². The molecule has 2 aromatic rings. The molecule has 0 unspecified atom stereocenters. The fourth-order valence-electron chi connectivity index (χ4n) is 1.89. The topological polar surface area (TPSA) is 27.7 Å². The molecule has 0 aliphatic carbocycles. The van der Waals surface area contributed by atoms with Gasteiger partial charge in [0.1, 0.15) is 6.61 Å². The van der Waals surface area contributed by atoms with Crippen LogP contribution < -0.4 is 0 Å². The molecule has 0 heterocycles. The molecule has 0 aliphatic heterocycles. The van der Waals surface area contributed by atoms with E-state index in [9.17, 15) is 0 Å². The zero-order valence-electron chi connectivity index (χ0n) is 12.3. The third-order valence-electron chi connectivity index (χ3n) is 2.96. The number of ether oxygens (including phenoxy) is 3. The second kappa shape index (κ2) is 9.15. The van der Waals surface area contributed by atoms with Gasteiger partial charge in [0, 0.05) is 12.7 Å². The van der Waals surface area contributed by atoms with Crippen LogP contribution in [0.15, 0.2) is 42.5 Å². The normalized spacial score (nSPS) is 10.3. The van der Waals surface area contributed by atoms with Gasteiger partial charge in [0.05, 0.1) is 26.4 Å². The highest BCUT2D eigenvalue weighted by molar-refractivity contribution is 5.83. The molecule has 0 radical (unpaired) electrons. The van der Waals surface area contributed by atoms with Gasteiger partial charge in [-0.25, -0.2) is 0 Å². The maximum Gasteiger partial charge on any atom is 0.108 e. The van der Waals surface area contributed by atoms with Crippen molar-refractivity contribution >= 4 is 10.8 Å². The third-order valence-corrected chi connectivity index (χ3v) is 2.96. The van der Waals surface area contributed by atoms with E-state index >= 15 is 0 Å². The molecule has 0 N–H and O–H groups in total. The Morgan fingerprint density at radius 3 is 2.48 bits per heavy atom. The summed E-state index contributed by atoms with van der Waals surface area (Å²) in [6, 6.07) is 14.5. The number of fused-ring (bicyclic) bond motifs is 1. The van der Waals surface area contributed by atoms with Crippen LogP contribution in [0.4, 0.5) is 0 Å². The van der Waals surface area contributed by atoms with E-state index < -0.39 is 0 Å². The fourth-order valence-corrected chi connectivity index (χ4v) is 1.89. The van der Waals surface area contributed by atoms with Crippen molar-refractivity contribution in [2.45, 2.75) is 0 Å². The van der Waals surface area contributed by atoms with Crippen molar-refractivity contribution in [2.24, 2.45) is 0 Å². The molecular weight excluding hydrogens is 264 g/mol. The lowest BCUT2D eigenvalue weighted by atomic mass is 10.1. The maximum absolute atomic E-state index is 5.38. The summed E-state index contributed by atoms with van der Waals surface area (Å²) in [6.45, 7) is 2.75. The Bertz CT molecular complexity index is 610. The van der Waals surface area contributed by atoms with Gasteiger partial charge in [0.2, 0.25) is 0 Å². The number of hydrogen-bond donors (Lipinski definition) is 0. The first-order valence-electron chi connectivity index (χ1n) is 7.02. The van der Waals surface area contributed by atoms with Crippen LogP contribution in [0.1, 0.15) is 5.56 Å². The number of benzene rings is 2. The largest absolute Gasteiger partial charge is 0.382 e. The van der Waals surface area contributed by atoms with Crippen LogP contribution in [-0.4, -0.2) is 40.1 Å². The van der Waals surface area contributed by atoms with E-state index in [0.717, 1.165) is 5.56 Å². The summed E-state index contributed by atoms with van der Waals surface area (Å²) in [5, 5.41) is 2.43. The van der Waals surface area contributed by atoms with Gasteiger partial charge in [-0.2, -0.15) is 0 Å². The average Bonchev–Trinajstić information content (AvgIpc) is 2.53.